The monoisotopic (exact) mass is 361 g/mol. The second-order valence-corrected chi connectivity index (χ2v) is 6.83. The van der Waals surface area contributed by atoms with Crippen LogP contribution >= 0.6 is 0 Å². The van der Waals surface area contributed by atoms with Crippen LogP contribution in [-0.2, 0) is 6.42 Å². The van der Waals surface area contributed by atoms with E-state index in [1.807, 2.05) is 17.0 Å². The van der Waals surface area contributed by atoms with Crippen molar-refractivity contribution in [1.29, 1.82) is 0 Å². The third-order valence-corrected chi connectivity index (χ3v) is 5.11. The summed E-state index contributed by atoms with van der Waals surface area (Å²) in [4.78, 5) is 21.6. The molecule has 1 N–H and O–H groups in total. The van der Waals surface area contributed by atoms with Gasteiger partial charge < -0.3 is 14.9 Å². The van der Waals surface area contributed by atoms with Crippen molar-refractivity contribution in [1.82, 2.24) is 9.88 Å². The molecule has 0 spiro atoms. The molecule has 0 bridgehead atoms. The molecule has 2 heterocycles. The van der Waals surface area contributed by atoms with E-state index in [2.05, 4.69) is 30.0 Å². The number of hydrogen-bond donors (Lipinski definition) is 1. The lowest BCUT2D eigenvalue weighted by atomic mass is 10.1. The maximum Gasteiger partial charge on any atom is 0.254 e. The summed E-state index contributed by atoms with van der Waals surface area (Å²) in [6.45, 7) is 5.00. The number of nitrogens with zero attached hydrogens (tertiary/aromatic N) is 3. The van der Waals surface area contributed by atoms with Gasteiger partial charge in [0.1, 0.15) is 5.75 Å². The number of pyridine rings is 1. The topological polar surface area (TPSA) is 56.7 Å². The van der Waals surface area contributed by atoms with Gasteiger partial charge in [0.05, 0.1) is 5.52 Å². The molecule has 5 heteroatoms. The zero-order valence-corrected chi connectivity index (χ0v) is 15.4. The minimum Gasteiger partial charge on any atom is -0.508 e. The molecular weight excluding hydrogens is 338 g/mol. The van der Waals surface area contributed by atoms with Crippen LogP contribution in [0, 0.1) is 0 Å². The lowest BCUT2D eigenvalue weighted by molar-refractivity contribution is 0.0746. The molecule has 3 aromatic rings. The number of aromatic nitrogens is 1. The predicted octanol–water partition coefficient (Wildman–Crippen LogP) is 3.47. The largest absolute Gasteiger partial charge is 0.508 e. The van der Waals surface area contributed by atoms with E-state index in [4.69, 9.17) is 4.98 Å². The van der Waals surface area contributed by atoms with Crippen LogP contribution in [0.15, 0.2) is 54.6 Å². The Balaban J connectivity index is 1.54. The summed E-state index contributed by atoms with van der Waals surface area (Å²) < 4.78 is 0. The van der Waals surface area contributed by atoms with Crippen LogP contribution in [0.3, 0.4) is 0 Å². The molecule has 1 aliphatic heterocycles. The van der Waals surface area contributed by atoms with Crippen molar-refractivity contribution in [3.63, 3.8) is 0 Å². The van der Waals surface area contributed by atoms with E-state index in [1.165, 1.54) is 11.8 Å². The van der Waals surface area contributed by atoms with Gasteiger partial charge in [0.15, 0.2) is 0 Å². The van der Waals surface area contributed by atoms with E-state index in [-0.39, 0.29) is 11.7 Å². The predicted molar refractivity (Wildman–Crippen MR) is 107 cm³/mol. The molecule has 1 fully saturated rings. The van der Waals surface area contributed by atoms with Crippen molar-refractivity contribution in [2.75, 3.05) is 31.1 Å². The Hall–Kier alpha value is -3.08. The number of amides is 1. The molecule has 0 atom stereocenters. The van der Waals surface area contributed by atoms with Gasteiger partial charge in [-0.05, 0) is 36.8 Å². The molecule has 2 aromatic carbocycles. The Morgan fingerprint density at radius 2 is 1.81 bits per heavy atom. The molecule has 0 aliphatic carbocycles. The van der Waals surface area contributed by atoms with Crippen molar-refractivity contribution in [2.24, 2.45) is 0 Å². The summed E-state index contributed by atoms with van der Waals surface area (Å²) in [5.41, 5.74) is 3.83. The highest BCUT2D eigenvalue weighted by Crippen LogP contribution is 2.28. The van der Waals surface area contributed by atoms with E-state index < -0.39 is 0 Å². The van der Waals surface area contributed by atoms with E-state index in [9.17, 15) is 9.90 Å². The normalized spacial score (nSPS) is 14.6. The van der Waals surface area contributed by atoms with E-state index in [1.54, 1.807) is 18.2 Å². The van der Waals surface area contributed by atoms with Crippen LogP contribution in [-0.4, -0.2) is 47.1 Å². The highest BCUT2D eigenvalue weighted by molar-refractivity contribution is 5.95. The number of anilines is 1. The fourth-order valence-electron chi connectivity index (χ4n) is 3.62. The Bertz CT molecular complexity index is 978. The number of phenols is 1. The smallest absolute Gasteiger partial charge is 0.254 e. The number of aromatic hydroxyl groups is 1. The Kier molecular flexibility index (Phi) is 4.67. The summed E-state index contributed by atoms with van der Waals surface area (Å²) in [6, 6.07) is 17.0. The number of fused-ring (bicyclic) bond motifs is 1. The summed E-state index contributed by atoms with van der Waals surface area (Å²) in [6.07, 6.45) is 0.897. The molecule has 5 nitrogen and oxygen atoms in total. The molecule has 0 unspecified atom stereocenters. The third-order valence-electron chi connectivity index (χ3n) is 5.11. The van der Waals surface area contributed by atoms with Crippen molar-refractivity contribution in [3.8, 4) is 5.75 Å². The number of carbonyl (C=O) groups excluding carboxylic acids is 1. The molecule has 1 aromatic heterocycles. The average Bonchev–Trinajstić information content (AvgIpc) is 2.72. The van der Waals surface area contributed by atoms with Crippen molar-refractivity contribution < 1.29 is 9.90 Å². The SMILES string of the molecule is CCc1cc(N2CCN(C(=O)c3cccc(O)c3)CC2)c2ccccc2n1. The average molecular weight is 361 g/mol. The highest BCUT2D eigenvalue weighted by atomic mass is 16.3. The van der Waals surface area contributed by atoms with Crippen molar-refractivity contribution >= 4 is 22.5 Å². The first-order valence-corrected chi connectivity index (χ1v) is 9.37. The van der Waals surface area contributed by atoms with E-state index in [0.717, 1.165) is 36.1 Å². The van der Waals surface area contributed by atoms with E-state index >= 15 is 0 Å². The van der Waals surface area contributed by atoms with E-state index in [0.29, 0.717) is 18.7 Å². The molecule has 0 saturated carbocycles. The Morgan fingerprint density at radius 1 is 1.04 bits per heavy atom. The number of rotatable bonds is 3. The van der Waals surface area contributed by atoms with Crippen molar-refractivity contribution in [3.05, 3.63) is 65.9 Å². The molecule has 1 aliphatic rings. The number of aryl methyl sites for hydroxylation is 1. The van der Waals surface area contributed by atoms with Gasteiger partial charge >= 0.3 is 0 Å². The van der Waals surface area contributed by atoms with Gasteiger partial charge in [0, 0.05) is 48.5 Å². The molecule has 4 rings (SSSR count). The van der Waals surface area contributed by atoms with Gasteiger partial charge in [0.2, 0.25) is 0 Å². The van der Waals surface area contributed by atoms with Gasteiger partial charge in [-0.25, -0.2) is 0 Å². The minimum atomic E-state index is -0.0283. The van der Waals surface area contributed by atoms with Gasteiger partial charge in [-0.3, -0.25) is 9.78 Å². The number of para-hydroxylation sites is 1. The Morgan fingerprint density at radius 3 is 2.56 bits per heavy atom. The molecule has 138 valence electrons. The van der Waals surface area contributed by atoms with Crippen LogP contribution in [0.4, 0.5) is 5.69 Å². The maximum absolute atomic E-state index is 12.7. The molecule has 1 saturated heterocycles. The number of phenolic OH excluding ortho intramolecular Hbond substituents is 1. The first kappa shape index (κ1) is 17.3. The molecular formula is C22H23N3O2. The first-order chi connectivity index (χ1) is 13.2. The van der Waals surface area contributed by atoms with Crippen LogP contribution in [0.2, 0.25) is 0 Å². The first-order valence-electron chi connectivity index (χ1n) is 9.37. The quantitative estimate of drug-likeness (QED) is 0.776. The van der Waals surface area contributed by atoms with Crippen LogP contribution in [0.5, 0.6) is 5.75 Å². The fraction of sp³-hybridized carbons (Fsp3) is 0.273. The number of piperazine rings is 1. The van der Waals surface area contributed by atoms with Crippen molar-refractivity contribution in [2.45, 2.75) is 13.3 Å². The minimum absolute atomic E-state index is 0.0283. The van der Waals surface area contributed by atoms with Crippen LogP contribution < -0.4 is 4.90 Å². The van der Waals surface area contributed by atoms with Gasteiger partial charge in [-0.2, -0.15) is 0 Å². The van der Waals surface area contributed by atoms with Gasteiger partial charge in [-0.15, -0.1) is 0 Å². The lowest BCUT2D eigenvalue weighted by Gasteiger charge is -2.36. The summed E-state index contributed by atoms with van der Waals surface area (Å²) in [7, 11) is 0. The maximum atomic E-state index is 12.7. The Labute approximate surface area is 158 Å². The summed E-state index contributed by atoms with van der Waals surface area (Å²) in [5.74, 6) is 0.0919. The molecule has 27 heavy (non-hydrogen) atoms. The standard InChI is InChI=1S/C22H23N3O2/c1-2-17-15-21(19-8-3-4-9-20(19)23-17)24-10-12-25(13-11-24)22(27)16-6-5-7-18(26)14-16/h3-9,14-15,26H,2,10-13H2,1H3. The summed E-state index contributed by atoms with van der Waals surface area (Å²) in [5, 5.41) is 10.8. The fourth-order valence-corrected chi connectivity index (χ4v) is 3.62. The molecule has 1 amide bonds. The highest BCUT2D eigenvalue weighted by Gasteiger charge is 2.23. The summed E-state index contributed by atoms with van der Waals surface area (Å²) >= 11 is 0. The zero-order valence-electron chi connectivity index (χ0n) is 15.4. The number of carbonyl (C=O) groups is 1. The van der Waals surface area contributed by atoms with Gasteiger partial charge in [-0.1, -0.05) is 31.2 Å². The second kappa shape index (κ2) is 7.27. The van der Waals surface area contributed by atoms with Gasteiger partial charge in [0.25, 0.3) is 5.91 Å². The van der Waals surface area contributed by atoms with Crippen LogP contribution in [0.25, 0.3) is 10.9 Å². The lowest BCUT2D eigenvalue weighted by Crippen LogP contribution is -2.48. The number of benzene rings is 2. The van der Waals surface area contributed by atoms with Crippen LogP contribution in [0.1, 0.15) is 23.0 Å². The third kappa shape index (κ3) is 3.45. The number of hydrogen-bond acceptors (Lipinski definition) is 4. The second-order valence-electron chi connectivity index (χ2n) is 6.83. The molecule has 0 radical (unpaired) electrons. The zero-order chi connectivity index (χ0) is 18.8.